The topological polar surface area (TPSA) is 63.9 Å². The van der Waals surface area contributed by atoms with Crippen molar-refractivity contribution in [3.63, 3.8) is 0 Å². The fourth-order valence-electron chi connectivity index (χ4n) is 3.26. The highest BCUT2D eigenvalue weighted by Gasteiger charge is 2.22. The first-order chi connectivity index (χ1) is 12.3. The molecule has 6 heteroatoms. The van der Waals surface area contributed by atoms with Crippen molar-refractivity contribution >= 4 is 5.91 Å². The van der Waals surface area contributed by atoms with Crippen LogP contribution in [0.25, 0.3) is 0 Å². The van der Waals surface area contributed by atoms with E-state index in [1.54, 1.807) is 6.26 Å². The number of hydrogen-bond donors (Lipinski definition) is 1. The summed E-state index contributed by atoms with van der Waals surface area (Å²) in [4.78, 5) is 14.3. The summed E-state index contributed by atoms with van der Waals surface area (Å²) < 4.78 is 16.8. The van der Waals surface area contributed by atoms with E-state index in [-0.39, 0.29) is 5.91 Å². The Bertz CT molecular complexity index is 742. The van der Waals surface area contributed by atoms with E-state index >= 15 is 0 Å². The average Bonchev–Trinajstić information content (AvgIpc) is 3.03. The van der Waals surface area contributed by atoms with Gasteiger partial charge in [-0.25, -0.2) is 0 Å². The normalized spacial score (nSPS) is 16.8. The van der Waals surface area contributed by atoms with Gasteiger partial charge in [0.1, 0.15) is 5.76 Å². The Hall–Kier alpha value is -2.47. The molecule has 25 heavy (non-hydrogen) atoms. The molecular weight excluding hydrogens is 320 g/mol. The number of nitrogens with zero attached hydrogens (tertiary/aromatic N) is 1. The number of furan rings is 1. The van der Waals surface area contributed by atoms with Crippen LogP contribution in [0.4, 0.5) is 0 Å². The number of hydrogen-bond acceptors (Lipinski definition) is 5. The molecule has 1 N–H and O–H groups in total. The first-order valence-corrected chi connectivity index (χ1v) is 8.71. The van der Waals surface area contributed by atoms with Crippen LogP contribution in [0.15, 0.2) is 34.9 Å². The number of fused-ring (bicyclic) bond motifs is 2. The second kappa shape index (κ2) is 7.19. The molecule has 2 aliphatic rings. The van der Waals surface area contributed by atoms with Gasteiger partial charge in [-0.1, -0.05) is 0 Å². The van der Waals surface area contributed by atoms with Gasteiger partial charge in [-0.05, 0) is 41.8 Å². The minimum Gasteiger partial charge on any atom is -0.490 e. The van der Waals surface area contributed by atoms with Gasteiger partial charge in [-0.3, -0.25) is 9.69 Å². The molecule has 0 saturated carbocycles. The third kappa shape index (κ3) is 3.79. The van der Waals surface area contributed by atoms with Gasteiger partial charge in [0.25, 0.3) is 0 Å². The standard InChI is InChI=1S/C19H22N2O4/c22-19(20-11-16-3-1-6-23-16)13-21-5-4-14-9-17-18(10-15(14)12-21)25-8-2-7-24-17/h1,3,6,9-10H,2,4-5,7-8,11-13H2,(H,20,22). The number of nitrogens with one attached hydrogen (secondary N) is 1. The number of rotatable bonds is 4. The van der Waals surface area contributed by atoms with Crippen LogP contribution in [-0.2, 0) is 24.3 Å². The first-order valence-electron chi connectivity index (χ1n) is 8.71. The van der Waals surface area contributed by atoms with Gasteiger partial charge in [0, 0.05) is 19.5 Å². The van der Waals surface area contributed by atoms with Crippen LogP contribution in [0.1, 0.15) is 23.3 Å². The summed E-state index contributed by atoms with van der Waals surface area (Å²) in [6.45, 7) is 3.81. The molecular formula is C19H22N2O4. The van der Waals surface area contributed by atoms with Gasteiger partial charge < -0.3 is 19.2 Å². The summed E-state index contributed by atoms with van der Waals surface area (Å²) >= 11 is 0. The lowest BCUT2D eigenvalue weighted by Crippen LogP contribution is -2.39. The molecule has 132 valence electrons. The second-order valence-electron chi connectivity index (χ2n) is 6.43. The molecule has 6 nitrogen and oxygen atoms in total. The van der Waals surface area contributed by atoms with Crippen molar-refractivity contribution in [2.75, 3.05) is 26.3 Å². The Morgan fingerprint density at radius 3 is 2.72 bits per heavy atom. The van der Waals surface area contributed by atoms with Crippen molar-refractivity contribution in [1.29, 1.82) is 0 Å². The zero-order valence-electron chi connectivity index (χ0n) is 14.1. The predicted molar refractivity (Wildman–Crippen MR) is 91.6 cm³/mol. The van der Waals surface area contributed by atoms with Crippen LogP contribution >= 0.6 is 0 Å². The summed E-state index contributed by atoms with van der Waals surface area (Å²) in [6, 6.07) is 7.84. The monoisotopic (exact) mass is 342 g/mol. The van der Waals surface area contributed by atoms with E-state index < -0.39 is 0 Å². The molecule has 1 aromatic heterocycles. The Labute approximate surface area is 146 Å². The number of carbonyl (C=O) groups is 1. The van der Waals surface area contributed by atoms with Crippen LogP contribution in [0.5, 0.6) is 11.5 Å². The Morgan fingerprint density at radius 1 is 1.16 bits per heavy atom. The van der Waals surface area contributed by atoms with Crippen LogP contribution in [0.3, 0.4) is 0 Å². The lowest BCUT2D eigenvalue weighted by Gasteiger charge is -2.28. The molecule has 0 fully saturated rings. The highest BCUT2D eigenvalue weighted by Crippen LogP contribution is 2.35. The van der Waals surface area contributed by atoms with Crippen LogP contribution in [0, 0.1) is 0 Å². The molecule has 0 spiro atoms. The SMILES string of the molecule is O=C(CN1CCc2cc3c(cc2C1)OCCCO3)NCc1ccco1. The molecule has 0 aliphatic carbocycles. The summed E-state index contributed by atoms with van der Waals surface area (Å²) in [5.41, 5.74) is 2.51. The van der Waals surface area contributed by atoms with Gasteiger partial charge in [-0.15, -0.1) is 0 Å². The summed E-state index contributed by atoms with van der Waals surface area (Å²) in [6.07, 6.45) is 3.43. The number of amides is 1. The molecule has 0 saturated heterocycles. The third-order valence-corrected chi connectivity index (χ3v) is 4.57. The van der Waals surface area contributed by atoms with Crippen molar-refractivity contribution in [3.05, 3.63) is 47.4 Å². The van der Waals surface area contributed by atoms with E-state index in [1.807, 2.05) is 12.1 Å². The molecule has 2 aliphatic heterocycles. The summed E-state index contributed by atoms with van der Waals surface area (Å²) in [7, 11) is 0. The van der Waals surface area contributed by atoms with Crippen molar-refractivity contribution < 1.29 is 18.7 Å². The molecule has 1 amide bonds. The highest BCUT2D eigenvalue weighted by molar-refractivity contribution is 5.78. The summed E-state index contributed by atoms with van der Waals surface area (Å²) in [5.74, 6) is 2.44. The van der Waals surface area contributed by atoms with E-state index in [2.05, 4.69) is 22.3 Å². The van der Waals surface area contributed by atoms with Crippen LogP contribution < -0.4 is 14.8 Å². The van der Waals surface area contributed by atoms with Crippen LogP contribution in [-0.4, -0.2) is 37.1 Å². The van der Waals surface area contributed by atoms with E-state index in [1.165, 1.54) is 11.1 Å². The van der Waals surface area contributed by atoms with Crippen molar-refractivity contribution in [3.8, 4) is 11.5 Å². The lowest BCUT2D eigenvalue weighted by atomic mass is 9.99. The van der Waals surface area contributed by atoms with E-state index in [0.29, 0.717) is 26.3 Å². The number of carbonyl (C=O) groups excluding carboxylic acids is 1. The van der Waals surface area contributed by atoms with E-state index in [9.17, 15) is 4.79 Å². The molecule has 1 aromatic carbocycles. The maximum atomic E-state index is 12.2. The Kier molecular flexibility index (Phi) is 4.61. The molecule has 0 bridgehead atoms. The average molecular weight is 342 g/mol. The minimum absolute atomic E-state index is 0.00851. The maximum Gasteiger partial charge on any atom is 0.234 e. The fourth-order valence-corrected chi connectivity index (χ4v) is 3.26. The molecule has 0 atom stereocenters. The quantitative estimate of drug-likeness (QED) is 0.922. The summed E-state index contributed by atoms with van der Waals surface area (Å²) in [5, 5.41) is 2.90. The van der Waals surface area contributed by atoms with Gasteiger partial charge in [0.2, 0.25) is 5.91 Å². The van der Waals surface area contributed by atoms with Crippen LogP contribution in [0.2, 0.25) is 0 Å². The van der Waals surface area contributed by atoms with Gasteiger partial charge in [0.15, 0.2) is 11.5 Å². The highest BCUT2D eigenvalue weighted by atomic mass is 16.5. The minimum atomic E-state index is 0.00851. The number of ether oxygens (including phenoxy) is 2. The van der Waals surface area contributed by atoms with E-state index in [0.717, 1.165) is 43.2 Å². The van der Waals surface area contributed by atoms with Crippen molar-refractivity contribution in [2.24, 2.45) is 0 Å². The predicted octanol–water partition coefficient (Wildman–Crippen LogP) is 2.12. The van der Waals surface area contributed by atoms with Gasteiger partial charge >= 0.3 is 0 Å². The maximum absolute atomic E-state index is 12.2. The number of benzene rings is 1. The first kappa shape index (κ1) is 16.0. The van der Waals surface area contributed by atoms with Crippen molar-refractivity contribution in [2.45, 2.75) is 25.9 Å². The lowest BCUT2D eigenvalue weighted by molar-refractivity contribution is -0.122. The van der Waals surface area contributed by atoms with Gasteiger partial charge in [-0.2, -0.15) is 0 Å². The second-order valence-corrected chi connectivity index (χ2v) is 6.43. The molecule has 0 radical (unpaired) electrons. The molecule has 3 heterocycles. The third-order valence-electron chi connectivity index (χ3n) is 4.57. The zero-order chi connectivity index (χ0) is 17.1. The Balaban J connectivity index is 1.37. The van der Waals surface area contributed by atoms with Crippen molar-refractivity contribution in [1.82, 2.24) is 10.2 Å². The molecule has 4 rings (SSSR count). The Morgan fingerprint density at radius 2 is 1.96 bits per heavy atom. The van der Waals surface area contributed by atoms with E-state index in [4.69, 9.17) is 13.9 Å². The molecule has 2 aromatic rings. The fraction of sp³-hybridized carbons (Fsp3) is 0.421. The largest absolute Gasteiger partial charge is 0.490 e. The van der Waals surface area contributed by atoms with Gasteiger partial charge in [0.05, 0.1) is 32.6 Å². The zero-order valence-corrected chi connectivity index (χ0v) is 14.1. The molecule has 0 unspecified atom stereocenters. The smallest absolute Gasteiger partial charge is 0.234 e.